The molecule has 1 fully saturated rings. The number of rotatable bonds is 5. The van der Waals surface area contributed by atoms with E-state index in [-0.39, 0.29) is 23.2 Å². The molecule has 0 aliphatic carbocycles. The molecule has 1 aliphatic rings. The Bertz CT molecular complexity index is 566. The summed E-state index contributed by atoms with van der Waals surface area (Å²) >= 11 is 0. The van der Waals surface area contributed by atoms with Crippen molar-refractivity contribution in [3.63, 3.8) is 0 Å². The highest BCUT2D eigenvalue weighted by molar-refractivity contribution is 5.99. The summed E-state index contributed by atoms with van der Waals surface area (Å²) in [5.41, 5.74) is 0.656. The van der Waals surface area contributed by atoms with Gasteiger partial charge in [-0.05, 0) is 45.3 Å². The monoisotopic (exact) mass is 319 g/mol. The molecule has 0 spiro atoms. The van der Waals surface area contributed by atoms with Crippen molar-refractivity contribution in [1.29, 1.82) is 0 Å². The highest BCUT2D eigenvalue weighted by Gasteiger charge is 2.23. The zero-order valence-corrected chi connectivity index (χ0v) is 13.9. The summed E-state index contributed by atoms with van der Waals surface area (Å²) in [5, 5.41) is 14.1. The van der Waals surface area contributed by atoms with Crippen molar-refractivity contribution in [2.24, 2.45) is 0 Å². The molecule has 126 valence electrons. The Kier molecular flexibility index (Phi) is 6.10. The highest BCUT2D eigenvalue weighted by Crippen LogP contribution is 2.21. The number of hydrogen-bond donors (Lipinski definition) is 1. The highest BCUT2D eigenvalue weighted by atomic mass is 16.6. The number of carbonyl (C=O) groups excluding carboxylic acids is 1. The summed E-state index contributed by atoms with van der Waals surface area (Å²) in [5.74, 6) is -0.364. The summed E-state index contributed by atoms with van der Waals surface area (Å²) in [6.07, 6.45) is 4.94. The van der Waals surface area contributed by atoms with Crippen LogP contribution in [0.4, 0.5) is 5.69 Å². The quantitative estimate of drug-likeness (QED) is 0.669. The van der Waals surface area contributed by atoms with Gasteiger partial charge in [-0.3, -0.25) is 14.9 Å². The van der Waals surface area contributed by atoms with Gasteiger partial charge in [0.15, 0.2) is 0 Å². The van der Waals surface area contributed by atoms with Gasteiger partial charge in [0.1, 0.15) is 5.56 Å². The zero-order valence-electron chi connectivity index (χ0n) is 13.9. The smallest absolute Gasteiger partial charge is 0.282 e. The Morgan fingerprint density at radius 3 is 2.57 bits per heavy atom. The van der Waals surface area contributed by atoms with Gasteiger partial charge in [0.05, 0.1) is 4.92 Å². The lowest BCUT2D eigenvalue weighted by molar-refractivity contribution is -0.385. The third-order valence-electron chi connectivity index (χ3n) is 4.28. The molecule has 1 saturated heterocycles. The lowest BCUT2D eigenvalue weighted by Crippen LogP contribution is -2.42. The van der Waals surface area contributed by atoms with Crippen molar-refractivity contribution in [3.05, 3.63) is 39.4 Å². The molecule has 0 saturated carbocycles. The van der Waals surface area contributed by atoms with Gasteiger partial charge < -0.3 is 10.2 Å². The van der Waals surface area contributed by atoms with Crippen LogP contribution in [-0.4, -0.2) is 41.4 Å². The number of benzene rings is 1. The lowest BCUT2D eigenvalue weighted by atomic mass is 10.1. The Morgan fingerprint density at radius 2 is 1.96 bits per heavy atom. The van der Waals surface area contributed by atoms with Crippen molar-refractivity contribution >= 4 is 11.6 Å². The molecule has 1 heterocycles. The van der Waals surface area contributed by atoms with Crippen LogP contribution < -0.4 is 5.32 Å². The van der Waals surface area contributed by atoms with Crippen molar-refractivity contribution in [2.45, 2.75) is 45.6 Å². The van der Waals surface area contributed by atoms with E-state index < -0.39 is 4.92 Å². The Hall–Kier alpha value is -1.95. The fraction of sp³-hybridized carbons (Fsp3) is 0.588. The summed E-state index contributed by atoms with van der Waals surface area (Å²) in [6, 6.07) is 4.66. The third kappa shape index (κ3) is 4.76. The van der Waals surface area contributed by atoms with Gasteiger partial charge in [-0.1, -0.05) is 25.0 Å². The number of hydrogen-bond acceptors (Lipinski definition) is 4. The van der Waals surface area contributed by atoms with Crippen molar-refractivity contribution in [3.8, 4) is 0 Å². The minimum Gasteiger partial charge on any atom is -0.348 e. The van der Waals surface area contributed by atoms with Crippen molar-refractivity contribution in [2.75, 3.05) is 19.6 Å². The van der Waals surface area contributed by atoms with Crippen LogP contribution in [0.5, 0.6) is 0 Å². The van der Waals surface area contributed by atoms with Crippen LogP contribution in [0, 0.1) is 17.0 Å². The number of likely N-dealkylation sites (tertiary alicyclic amines) is 1. The van der Waals surface area contributed by atoms with E-state index in [2.05, 4.69) is 10.2 Å². The predicted molar refractivity (Wildman–Crippen MR) is 89.7 cm³/mol. The maximum absolute atomic E-state index is 12.5. The van der Waals surface area contributed by atoms with Gasteiger partial charge in [-0.2, -0.15) is 0 Å². The van der Waals surface area contributed by atoms with Crippen LogP contribution in [0.25, 0.3) is 0 Å². The van der Waals surface area contributed by atoms with Crippen molar-refractivity contribution < 1.29 is 9.72 Å². The third-order valence-corrected chi connectivity index (χ3v) is 4.28. The van der Waals surface area contributed by atoms with E-state index in [4.69, 9.17) is 0 Å². The molecule has 0 radical (unpaired) electrons. The fourth-order valence-electron chi connectivity index (χ4n) is 3.15. The van der Waals surface area contributed by atoms with Crippen LogP contribution in [0.15, 0.2) is 18.2 Å². The first kappa shape index (κ1) is 17.4. The Balaban J connectivity index is 2.02. The molecule has 0 bridgehead atoms. The van der Waals surface area contributed by atoms with Gasteiger partial charge in [-0.15, -0.1) is 0 Å². The molecule has 2 rings (SSSR count). The van der Waals surface area contributed by atoms with Gasteiger partial charge in [0, 0.05) is 18.7 Å². The van der Waals surface area contributed by atoms with E-state index in [0.29, 0.717) is 5.56 Å². The topological polar surface area (TPSA) is 75.5 Å². The average Bonchev–Trinajstić information content (AvgIpc) is 2.75. The standard InChI is InChI=1S/C17H25N3O3/c1-13-8-7-9-15(20(22)23)16(13)17(21)18-14(2)12-19-10-5-3-4-6-11-19/h7-9,14H,3-6,10-12H2,1-2H3,(H,18,21)/t14-/m1/s1. The zero-order chi connectivity index (χ0) is 16.8. The number of nitro benzene ring substituents is 1. The Morgan fingerprint density at radius 1 is 1.30 bits per heavy atom. The SMILES string of the molecule is Cc1cccc([N+](=O)[O-])c1C(=O)N[C@H](C)CN1CCCCCC1. The molecule has 6 heteroatoms. The van der Waals surface area contributed by atoms with E-state index in [0.717, 1.165) is 19.6 Å². The second-order valence-electron chi connectivity index (χ2n) is 6.32. The van der Waals surface area contributed by atoms with E-state index in [1.807, 2.05) is 6.92 Å². The number of nitrogens with zero attached hydrogens (tertiary/aromatic N) is 2. The molecule has 1 atom stereocenters. The maximum atomic E-state index is 12.5. The van der Waals surface area contributed by atoms with E-state index >= 15 is 0 Å². The number of amides is 1. The average molecular weight is 319 g/mol. The van der Waals surface area contributed by atoms with Gasteiger partial charge in [0.2, 0.25) is 0 Å². The van der Waals surface area contributed by atoms with Crippen LogP contribution in [0.1, 0.15) is 48.5 Å². The molecule has 1 amide bonds. The first-order valence-corrected chi connectivity index (χ1v) is 8.26. The first-order valence-electron chi connectivity index (χ1n) is 8.26. The summed E-state index contributed by atoms with van der Waals surface area (Å²) in [4.78, 5) is 25.5. The summed E-state index contributed by atoms with van der Waals surface area (Å²) in [6.45, 7) is 6.58. The number of aryl methyl sites for hydroxylation is 1. The van der Waals surface area contributed by atoms with Crippen LogP contribution >= 0.6 is 0 Å². The molecule has 0 aromatic heterocycles. The fourth-order valence-corrected chi connectivity index (χ4v) is 3.15. The minimum absolute atomic E-state index is 0.0418. The predicted octanol–water partition coefficient (Wildman–Crippen LogP) is 2.90. The minimum atomic E-state index is -0.499. The van der Waals surface area contributed by atoms with Gasteiger partial charge in [-0.25, -0.2) is 0 Å². The Labute approximate surface area is 137 Å². The normalized spacial score (nSPS) is 17.3. The van der Waals surface area contributed by atoms with Gasteiger partial charge in [0.25, 0.3) is 11.6 Å². The van der Waals surface area contributed by atoms with Crippen LogP contribution in [0.2, 0.25) is 0 Å². The van der Waals surface area contributed by atoms with Crippen LogP contribution in [-0.2, 0) is 0 Å². The molecule has 1 aromatic carbocycles. The van der Waals surface area contributed by atoms with Crippen LogP contribution in [0.3, 0.4) is 0 Å². The summed E-state index contributed by atoms with van der Waals surface area (Å²) < 4.78 is 0. The lowest BCUT2D eigenvalue weighted by Gasteiger charge is -2.24. The molecular formula is C17H25N3O3. The van der Waals surface area contributed by atoms with Gasteiger partial charge >= 0.3 is 0 Å². The molecule has 23 heavy (non-hydrogen) atoms. The largest absolute Gasteiger partial charge is 0.348 e. The second-order valence-corrected chi connectivity index (χ2v) is 6.32. The molecule has 6 nitrogen and oxygen atoms in total. The first-order chi connectivity index (χ1) is 11.0. The van der Waals surface area contributed by atoms with E-state index in [1.54, 1.807) is 19.1 Å². The number of nitro groups is 1. The molecular weight excluding hydrogens is 294 g/mol. The van der Waals surface area contributed by atoms with E-state index in [9.17, 15) is 14.9 Å². The van der Waals surface area contributed by atoms with Crippen molar-refractivity contribution in [1.82, 2.24) is 10.2 Å². The molecule has 1 aromatic rings. The molecule has 1 aliphatic heterocycles. The number of carbonyl (C=O) groups is 1. The maximum Gasteiger partial charge on any atom is 0.282 e. The summed E-state index contributed by atoms with van der Waals surface area (Å²) in [7, 11) is 0. The molecule has 1 N–H and O–H groups in total. The molecule has 0 unspecified atom stereocenters. The number of nitrogens with one attached hydrogen (secondary N) is 1. The van der Waals surface area contributed by atoms with E-state index in [1.165, 1.54) is 31.7 Å². The second kappa shape index (κ2) is 8.06.